The standard InChI is InChI=1S/C22H19N5O2/c1-14-11-15(2)24-22(23-14)25-20(28)13-27-21(29)10-9-19(26-27)18-8-7-16-5-3-4-6-17(16)12-18/h3-12H,13H2,1-2H3,(H,23,24,25,28). The number of amides is 1. The zero-order valence-corrected chi connectivity index (χ0v) is 16.1. The van der Waals surface area contributed by atoms with Gasteiger partial charge in [-0.15, -0.1) is 0 Å². The van der Waals surface area contributed by atoms with Crippen LogP contribution in [0.2, 0.25) is 0 Å². The molecule has 4 rings (SSSR count). The molecule has 4 aromatic rings. The summed E-state index contributed by atoms with van der Waals surface area (Å²) < 4.78 is 1.14. The van der Waals surface area contributed by atoms with Crippen LogP contribution in [0.5, 0.6) is 0 Å². The summed E-state index contributed by atoms with van der Waals surface area (Å²) in [6.45, 7) is 3.42. The Bertz CT molecular complexity index is 1260. The van der Waals surface area contributed by atoms with Crippen LogP contribution >= 0.6 is 0 Å². The minimum absolute atomic E-state index is 0.214. The van der Waals surface area contributed by atoms with E-state index in [1.165, 1.54) is 6.07 Å². The van der Waals surface area contributed by atoms with Crippen LogP contribution < -0.4 is 10.9 Å². The second-order valence-electron chi connectivity index (χ2n) is 6.80. The number of rotatable bonds is 4. The van der Waals surface area contributed by atoms with Crippen molar-refractivity contribution in [2.24, 2.45) is 0 Å². The van der Waals surface area contributed by atoms with Crippen molar-refractivity contribution in [3.8, 4) is 11.3 Å². The van der Waals surface area contributed by atoms with Gasteiger partial charge < -0.3 is 0 Å². The van der Waals surface area contributed by atoms with Gasteiger partial charge in [0.05, 0.1) is 5.69 Å². The highest BCUT2D eigenvalue weighted by Gasteiger charge is 2.10. The fourth-order valence-corrected chi connectivity index (χ4v) is 3.15. The Kier molecular flexibility index (Phi) is 4.87. The summed E-state index contributed by atoms with van der Waals surface area (Å²) in [6.07, 6.45) is 0. The molecule has 0 atom stereocenters. The Hall–Kier alpha value is -3.87. The first kappa shape index (κ1) is 18.5. The summed E-state index contributed by atoms with van der Waals surface area (Å²) >= 11 is 0. The van der Waals surface area contributed by atoms with Crippen molar-refractivity contribution in [2.75, 3.05) is 5.32 Å². The van der Waals surface area contributed by atoms with Crippen LogP contribution in [-0.4, -0.2) is 25.7 Å². The van der Waals surface area contributed by atoms with Crippen LogP contribution in [0.1, 0.15) is 11.4 Å². The maximum absolute atomic E-state index is 12.4. The fourth-order valence-electron chi connectivity index (χ4n) is 3.15. The number of aryl methyl sites for hydroxylation is 2. The number of hydrogen-bond donors (Lipinski definition) is 1. The van der Waals surface area contributed by atoms with Crippen molar-refractivity contribution in [1.82, 2.24) is 19.7 Å². The Morgan fingerprint density at radius 2 is 1.66 bits per heavy atom. The van der Waals surface area contributed by atoms with E-state index in [-0.39, 0.29) is 18.1 Å². The van der Waals surface area contributed by atoms with E-state index >= 15 is 0 Å². The van der Waals surface area contributed by atoms with Gasteiger partial charge in [-0.3, -0.25) is 14.9 Å². The van der Waals surface area contributed by atoms with E-state index in [0.717, 1.165) is 32.4 Å². The van der Waals surface area contributed by atoms with Crippen molar-refractivity contribution in [3.63, 3.8) is 0 Å². The van der Waals surface area contributed by atoms with Crippen LogP contribution in [0, 0.1) is 13.8 Å². The molecule has 0 radical (unpaired) electrons. The fraction of sp³-hybridized carbons (Fsp3) is 0.136. The Morgan fingerprint density at radius 1 is 0.931 bits per heavy atom. The molecule has 0 bridgehead atoms. The highest BCUT2D eigenvalue weighted by Crippen LogP contribution is 2.22. The topological polar surface area (TPSA) is 89.8 Å². The molecule has 2 heterocycles. The molecule has 0 fully saturated rings. The minimum Gasteiger partial charge on any atom is -0.293 e. The molecule has 2 aromatic carbocycles. The average molecular weight is 385 g/mol. The SMILES string of the molecule is Cc1cc(C)nc(NC(=O)Cn2nc(-c3ccc4ccccc4c3)ccc2=O)n1. The highest BCUT2D eigenvalue weighted by atomic mass is 16.2. The van der Waals surface area contributed by atoms with Gasteiger partial charge in [-0.05, 0) is 42.8 Å². The lowest BCUT2D eigenvalue weighted by atomic mass is 10.1. The van der Waals surface area contributed by atoms with Crippen molar-refractivity contribution in [1.29, 1.82) is 0 Å². The third-order valence-corrected chi connectivity index (χ3v) is 4.44. The summed E-state index contributed by atoms with van der Waals surface area (Å²) in [5.41, 5.74) is 2.63. The Balaban J connectivity index is 1.59. The van der Waals surface area contributed by atoms with E-state index in [1.54, 1.807) is 6.07 Å². The number of hydrogen-bond acceptors (Lipinski definition) is 5. The summed E-state index contributed by atoms with van der Waals surface area (Å²) in [4.78, 5) is 33.0. The predicted molar refractivity (Wildman–Crippen MR) is 112 cm³/mol. The van der Waals surface area contributed by atoms with E-state index in [0.29, 0.717) is 5.69 Å². The van der Waals surface area contributed by atoms with Crippen LogP contribution in [0.3, 0.4) is 0 Å². The molecular weight excluding hydrogens is 366 g/mol. The van der Waals surface area contributed by atoms with Crippen LogP contribution in [0.4, 0.5) is 5.95 Å². The lowest BCUT2D eigenvalue weighted by Crippen LogP contribution is -2.29. The minimum atomic E-state index is -0.416. The Labute approximate surface area is 167 Å². The number of fused-ring (bicyclic) bond motifs is 1. The summed E-state index contributed by atoms with van der Waals surface area (Å²) in [5, 5.41) is 9.19. The van der Waals surface area contributed by atoms with Crippen molar-refractivity contribution < 1.29 is 4.79 Å². The molecule has 2 aromatic heterocycles. The number of carbonyl (C=O) groups excluding carboxylic acids is 1. The van der Waals surface area contributed by atoms with Crippen LogP contribution in [-0.2, 0) is 11.3 Å². The maximum atomic E-state index is 12.4. The third kappa shape index (κ3) is 4.19. The first-order valence-electron chi connectivity index (χ1n) is 9.17. The van der Waals surface area contributed by atoms with Crippen molar-refractivity contribution in [2.45, 2.75) is 20.4 Å². The monoisotopic (exact) mass is 385 g/mol. The smallest absolute Gasteiger partial charge is 0.267 e. The summed E-state index contributed by atoms with van der Waals surface area (Å²) in [5.74, 6) is -0.202. The predicted octanol–water partition coefficient (Wildman–Crippen LogP) is 3.11. The van der Waals surface area contributed by atoms with Crippen molar-refractivity contribution >= 4 is 22.6 Å². The lowest BCUT2D eigenvalue weighted by Gasteiger charge is -2.09. The normalized spacial score (nSPS) is 10.8. The molecule has 0 unspecified atom stereocenters. The molecule has 29 heavy (non-hydrogen) atoms. The summed E-state index contributed by atoms with van der Waals surface area (Å²) in [6, 6.07) is 18.9. The number of benzene rings is 2. The molecule has 0 aliphatic carbocycles. The third-order valence-electron chi connectivity index (χ3n) is 4.44. The second kappa shape index (κ2) is 7.63. The van der Waals surface area contributed by atoms with E-state index in [9.17, 15) is 9.59 Å². The molecule has 1 amide bonds. The van der Waals surface area contributed by atoms with Gasteiger partial charge in [0.2, 0.25) is 11.9 Å². The molecule has 0 saturated carbocycles. The molecule has 1 N–H and O–H groups in total. The summed E-state index contributed by atoms with van der Waals surface area (Å²) in [7, 11) is 0. The lowest BCUT2D eigenvalue weighted by molar-refractivity contribution is -0.117. The molecule has 0 aliphatic rings. The number of anilines is 1. The van der Waals surface area contributed by atoms with Gasteiger partial charge in [-0.25, -0.2) is 14.6 Å². The van der Waals surface area contributed by atoms with Crippen LogP contribution in [0.15, 0.2) is 65.5 Å². The number of nitrogens with one attached hydrogen (secondary N) is 1. The van der Waals surface area contributed by atoms with E-state index in [4.69, 9.17) is 0 Å². The average Bonchev–Trinajstić information content (AvgIpc) is 2.68. The van der Waals surface area contributed by atoms with Gasteiger partial charge in [0, 0.05) is 23.0 Å². The first-order valence-corrected chi connectivity index (χ1v) is 9.17. The molecule has 7 nitrogen and oxygen atoms in total. The number of carbonyl (C=O) groups is 1. The number of nitrogens with zero attached hydrogens (tertiary/aromatic N) is 4. The van der Waals surface area contributed by atoms with Gasteiger partial charge >= 0.3 is 0 Å². The van der Waals surface area contributed by atoms with Gasteiger partial charge in [-0.1, -0.05) is 36.4 Å². The van der Waals surface area contributed by atoms with Crippen LogP contribution in [0.25, 0.3) is 22.0 Å². The largest absolute Gasteiger partial charge is 0.293 e. The van der Waals surface area contributed by atoms with Gasteiger partial charge in [0.25, 0.3) is 5.56 Å². The molecule has 0 aliphatic heterocycles. The molecule has 7 heteroatoms. The van der Waals surface area contributed by atoms with E-state index in [1.807, 2.05) is 62.4 Å². The maximum Gasteiger partial charge on any atom is 0.267 e. The highest BCUT2D eigenvalue weighted by molar-refractivity contribution is 5.89. The second-order valence-corrected chi connectivity index (χ2v) is 6.80. The molecular formula is C22H19N5O2. The zero-order valence-electron chi connectivity index (χ0n) is 16.1. The van der Waals surface area contributed by atoms with Gasteiger partial charge in [0.1, 0.15) is 6.54 Å². The number of aromatic nitrogens is 4. The first-order chi connectivity index (χ1) is 14.0. The molecule has 0 spiro atoms. The molecule has 144 valence electrons. The zero-order chi connectivity index (χ0) is 20.4. The molecule has 0 saturated heterocycles. The Morgan fingerprint density at radius 3 is 2.41 bits per heavy atom. The van der Waals surface area contributed by atoms with Gasteiger partial charge in [-0.2, -0.15) is 5.10 Å². The van der Waals surface area contributed by atoms with E-state index in [2.05, 4.69) is 20.4 Å². The van der Waals surface area contributed by atoms with Gasteiger partial charge in [0.15, 0.2) is 0 Å². The quantitative estimate of drug-likeness (QED) is 0.583. The van der Waals surface area contributed by atoms with E-state index < -0.39 is 5.91 Å². The van der Waals surface area contributed by atoms with Crippen molar-refractivity contribution in [3.05, 3.63) is 82.4 Å².